The molecule has 0 saturated carbocycles. The van der Waals surface area contributed by atoms with Crippen LogP contribution in [0.15, 0.2) is 88.4 Å². The smallest absolute Gasteiger partial charge is 0.247 e. The van der Waals surface area contributed by atoms with Gasteiger partial charge in [0.25, 0.3) is 0 Å². The Morgan fingerprint density at radius 3 is 2.44 bits per heavy atom. The van der Waals surface area contributed by atoms with Gasteiger partial charge in [0.1, 0.15) is 5.75 Å². The first-order chi connectivity index (χ1) is 17.6. The maximum absolute atomic E-state index is 6.03. The summed E-state index contributed by atoms with van der Waals surface area (Å²) in [4.78, 5) is 0. The van der Waals surface area contributed by atoms with Gasteiger partial charge in [0.15, 0.2) is 11.0 Å². The monoisotopic (exact) mass is 497 g/mol. The maximum Gasteiger partial charge on any atom is 0.247 e. The highest BCUT2D eigenvalue weighted by atomic mass is 32.2. The molecule has 182 valence electrons. The second kappa shape index (κ2) is 10.8. The third kappa shape index (κ3) is 5.33. The van der Waals surface area contributed by atoms with Gasteiger partial charge >= 0.3 is 0 Å². The van der Waals surface area contributed by atoms with Crippen molar-refractivity contribution in [3.63, 3.8) is 0 Å². The number of thioether (sulfide) groups is 1. The van der Waals surface area contributed by atoms with E-state index in [0.29, 0.717) is 11.8 Å². The number of ether oxygens (including phenoxy) is 1. The second-order valence-electron chi connectivity index (χ2n) is 8.50. The molecule has 0 fully saturated rings. The van der Waals surface area contributed by atoms with E-state index < -0.39 is 0 Å². The van der Waals surface area contributed by atoms with Crippen LogP contribution in [0, 0.1) is 6.92 Å². The number of hydrogen-bond acceptors (Lipinski definition) is 7. The molecular formula is C28H27N5O2S. The molecule has 7 nitrogen and oxygen atoms in total. The molecule has 2 aromatic heterocycles. The maximum atomic E-state index is 6.03. The van der Waals surface area contributed by atoms with Crippen LogP contribution in [0.5, 0.6) is 5.75 Å². The molecule has 2 heterocycles. The molecule has 0 N–H and O–H groups in total. The first-order valence-corrected chi connectivity index (χ1v) is 12.7. The van der Waals surface area contributed by atoms with Gasteiger partial charge in [-0.1, -0.05) is 59.8 Å². The lowest BCUT2D eigenvalue weighted by atomic mass is 10.1. The van der Waals surface area contributed by atoms with Gasteiger partial charge in [-0.25, -0.2) is 0 Å². The van der Waals surface area contributed by atoms with Gasteiger partial charge in [0, 0.05) is 17.7 Å². The number of hydrogen-bond donors (Lipinski definition) is 0. The third-order valence-electron chi connectivity index (χ3n) is 5.87. The lowest BCUT2D eigenvalue weighted by Crippen LogP contribution is -2.06. The number of benzene rings is 3. The van der Waals surface area contributed by atoms with Gasteiger partial charge in [0.05, 0.1) is 12.4 Å². The largest absolute Gasteiger partial charge is 0.497 e. The van der Waals surface area contributed by atoms with E-state index in [9.17, 15) is 0 Å². The van der Waals surface area contributed by atoms with Crippen LogP contribution < -0.4 is 4.74 Å². The van der Waals surface area contributed by atoms with E-state index in [1.807, 2.05) is 68.4 Å². The summed E-state index contributed by atoms with van der Waals surface area (Å²) >= 11 is 1.56. The Balaban J connectivity index is 1.41. The van der Waals surface area contributed by atoms with E-state index in [1.54, 1.807) is 18.9 Å². The zero-order valence-electron chi connectivity index (χ0n) is 20.5. The number of aromatic nitrogens is 5. The quantitative estimate of drug-likeness (QED) is 0.218. The molecule has 0 aliphatic rings. The highest BCUT2D eigenvalue weighted by molar-refractivity contribution is 7.99. The van der Waals surface area contributed by atoms with E-state index in [0.717, 1.165) is 46.4 Å². The molecule has 0 amide bonds. The van der Waals surface area contributed by atoms with Gasteiger partial charge in [-0.15, -0.1) is 20.4 Å². The van der Waals surface area contributed by atoms with Crippen LogP contribution in [0.25, 0.3) is 22.8 Å². The molecule has 3 aromatic carbocycles. The lowest BCUT2D eigenvalue weighted by Gasteiger charge is -2.12. The van der Waals surface area contributed by atoms with Crippen molar-refractivity contribution in [2.75, 3.05) is 7.11 Å². The van der Waals surface area contributed by atoms with Crippen LogP contribution in [0.4, 0.5) is 0 Å². The Kier molecular flexibility index (Phi) is 7.13. The van der Waals surface area contributed by atoms with Crippen LogP contribution in [-0.2, 0) is 13.0 Å². The van der Waals surface area contributed by atoms with Crippen molar-refractivity contribution in [1.82, 2.24) is 25.0 Å². The fourth-order valence-corrected chi connectivity index (χ4v) is 4.82. The summed E-state index contributed by atoms with van der Waals surface area (Å²) in [5.74, 6) is 2.69. The van der Waals surface area contributed by atoms with Gasteiger partial charge in [-0.05, 0) is 62.2 Å². The molecule has 0 radical (unpaired) electrons. The predicted octanol–water partition coefficient (Wildman–Crippen LogP) is 6.41. The molecule has 0 spiro atoms. The molecule has 1 atom stereocenters. The fraction of sp³-hybridized carbons (Fsp3) is 0.214. The Morgan fingerprint density at radius 1 is 0.889 bits per heavy atom. The number of rotatable bonds is 9. The highest BCUT2D eigenvalue weighted by Crippen LogP contribution is 2.36. The van der Waals surface area contributed by atoms with Crippen molar-refractivity contribution in [3.05, 3.63) is 95.9 Å². The van der Waals surface area contributed by atoms with Crippen LogP contribution in [0.1, 0.15) is 29.2 Å². The minimum absolute atomic E-state index is 0.0977. The second-order valence-corrected chi connectivity index (χ2v) is 9.80. The summed E-state index contributed by atoms with van der Waals surface area (Å²) in [7, 11) is 1.66. The van der Waals surface area contributed by atoms with E-state index in [2.05, 4.69) is 49.2 Å². The Labute approximate surface area is 214 Å². The first-order valence-electron chi connectivity index (χ1n) is 11.8. The van der Waals surface area contributed by atoms with Crippen LogP contribution in [0.2, 0.25) is 0 Å². The molecule has 0 bridgehead atoms. The summed E-state index contributed by atoms with van der Waals surface area (Å²) in [6, 6.07) is 26.4. The first kappa shape index (κ1) is 23.8. The SMILES string of the molecule is COc1ccc(-c2nnc(SC(C)c3nnc(-c4cccc(C)c4)o3)n2CCc2ccccc2)cc1. The molecule has 5 rings (SSSR count). The number of methoxy groups -OCH3 is 1. The minimum Gasteiger partial charge on any atom is -0.497 e. The molecule has 5 aromatic rings. The lowest BCUT2D eigenvalue weighted by molar-refractivity contribution is 0.415. The average Bonchev–Trinajstić information content (AvgIpc) is 3.56. The van der Waals surface area contributed by atoms with Crippen LogP contribution in [-0.4, -0.2) is 32.1 Å². The number of aryl methyl sites for hydroxylation is 2. The van der Waals surface area contributed by atoms with Gasteiger partial charge in [0.2, 0.25) is 11.8 Å². The average molecular weight is 498 g/mol. The highest BCUT2D eigenvalue weighted by Gasteiger charge is 2.22. The minimum atomic E-state index is -0.0977. The van der Waals surface area contributed by atoms with E-state index in [1.165, 1.54) is 5.56 Å². The van der Waals surface area contributed by atoms with Crippen molar-refractivity contribution >= 4 is 11.8 Å². The molecule has 8 heteroatoms. The van der Waals surface area contributed by atoms with Gasteiger partial charge in [-0.2, -0.15) is 0 Å². The zero-order chi connectivity index (χ0) is 24.9. The van der Waals surface area contributed by atoms with Crippen molar-refractivity contribution in [2.24, 2.45) is 0 Å². The molecule has 0 aliphatic heterocycles. The van der Waals surface area contributed by atoms with Crippen molar-refractivity contribution in [1.29, 1.82) is 0 Å². The van der Waals surface area contributed by atoms with Gasteiger partial charge < -0.3 is 13.7 Å². The Morgan fingerprint density at radius 2 is 1.69 bits per heavy atom. The molecule has 1 unspecified atom stereocenters. The molecule has 0 saturated heterocycles. The number of nitrogens with zero attached hydrogens (tertiary/aromatic N) is 5. The summed E-state index contributed by atoms with van der Waals surface area (Å²) in [5.41, 5.74) is 4.30. The predicted molar refractivity (Wildman–Crippen MR) is 141 cm³/mol. The third-order valence-corrected chi connectivity index (χ3v) is 6.94. The van der Waals surface area contributed by atoms with Crippen molar-refractivity contribution < 1.29 is 9.15 Å². The topological polar surface area (TPSA) is 78.9 Å². The molecule has 36 heavy (non-hydrogen) atoms. The van der Waals surface area contributed by atoms with Crippen molar-refractivity contribution in [3.8, 4) is 28.6 Å². The van der Waals surface area contributed by atoms with Crippen LogP contribution in [0.3, 0.4) is 0 Å². The molecule has 0 aliphatic carbocycles. The standard InChI is InChI=1S/C28H27N5O2S/c1-19-8-7-11-23(18-19)27-31-30-26(35-27)20(2)36-28-32-29-25(22-12-14-24(34-3)15-13-22)33(28)17-16-21-9-5-4-6-10-21/h4-15,18,20H,16-17H2,1-3H3. The van der Waals surface area contributed by atoms with Crippen LogP contribution >= 0.6 is 11.8 Å². The Bertz CT molecular complexity index is 1430. The van der Waals surface area contributed by atoms with Crippen molar-refractivity contribution in [2.45, 2.75) is 37.2 Å². The zero-order valence-corrected chi connectivity index (χ0v) is 21.3. The van der Waals surface area contributed by atoms with E-state index >= 15 is 0 Å². The normalized spacial score (nSPS) is 12.0. The van der Waals surface area contributed by atoms with E-state index in [4.69, 9.17) is 9.15 Å². The Hall–Kier alpha value is -3.91. The summed E-state index contributed by atoms with van der Waals surface area (Å²) in [6.45, 7) is 4.83. The summed E-state index contributed by atoms with van der Waals surface area (Å²) in [6.07, 6.45) is 0.863. The van der Waals surface area contributed by atoms with E-state index in [-0.39, 0.29) is 5.25 Å². The summed E-state index contributed by atoms with van der Waals surface area (Å²) < 4.78 is 13.5. The fourth-order valence-electron chi connectivity index (χ4n) is 3.92. The molecular weight excluding hydrogens is 470 g/mol. The summed E-state index contributed by atoms with van der Waals surface area (Å²) in [5, 5.41) is 18.4. The van der Waals surface area contributed by atoms with Gasteiger partial charge in [-0.3, -0.25) is 0 Å².